The van der Waals surface area contributed by atoms with E-state index in [1.165, 1.54) is 43.5 Å². The van der Waals surface area contributed by atoms with E-state index in [0.29, 0.717) is 0 Å². The fourth-order valence-electron chi connectivity index (χ4n) is 2.00. The molecule has 0 amide bonds. The van der Waals surface area contributed by atoms with Crippen molar-refractivity contribution in [2.75, 3.05) is 14.2 Å². The zero-order chi connectivity index (χ0) is 18.6. The fourth-order valence-corrected chi connectivity index (χ4v) is 2.61. The highest BCUT2D eigenvalue weighted by atomic mass is 32.2. The van der Waals surface area contributed by atoms with Crippen LogP contribution in [0.25, 0.3) is 0 Å². The summed E-state index contributed by atoms with van der Waals surface area (Å²) >= 11 is 0. The van der Waals surface area contributed by atoms with E-state index in [1.807, 2.05) is 0 Å². The Kier molecular flexibility index (Phi) is 5.40. The van der Waals surface area contributed by atoms with Gasteiger partial charge in [-0.1, -0.05) is 12.1 Å². The Labute approximate surface area is 143 Å². The molecule has 0 unspecified atom stereocenters. The summed E-state index contributed by atoms with van der Waals surface area (Å²) in [7, 11) is -2.21. The molecule has 0 aliphatic rings. The molecule has 0 radical (unpaired) electrons. The third-order valence-electron chi connectivity index (χ3n) is 3.16. The second-order valence-corrected chi connectivity index (χ2v) is 6.11. The van der Waals surface area contributed by atoms with Gasteiger partial charge in [-0.15, -0.1) is 0 Å². The molecule has 0 heterocycles. The third kappa shape index (κ3) is 4.14. The molecule has 25 heavy (non-hydrogen) atoms. The van der Waals surface area contributed by atoms with Gasteiger partial charge in [-0.2, -0.15) is 8.42 Å². The lowest BCUT2D eigenvalue weighted by Crippen LogP contribution is -2.08. The number of para-hydroxylation sites is 1. The quantitative estimate of drug-likeness (QED) is 0.633. The average molecular weight is 366 g/mol. The van der Waals surface area contributed by atoms with Crippen molar-refractivity contribution in [1.82, 2.24) is 0 Å². The van der Waals surface area contributed by atoms with Gasteiger partial charge in [0.05, 0.1) is 19.8 Å². The molecule has 1 N–H and O–H groups in total. The van der Waals surface area contributed by atoms with Gasteiger partial charge in [0.1, 0.15) is 22.0 Å². The maximum atomic E-state index is 11.9. The lowest BCUT2D eigenvalue weighted by Gasteiger charge is -2.13. The molecule has 2 aromatic rings. The molecule has 0 fully saturated rings. The van der Waals surface area contributed by atoms with E-state index in [-0.39, 0.29) is 22.6 Å². The standard InChI is InChI=1S/C16H14O8S/c1-22-15(17)10-7-8-11(16(18)23-2)13(9-10)24-12-5-3-4-6-14(12)25(19,20)21/h3-9H,1-2H3,(H,19,20,21). The minimum atomic E-state index is -4.56. The van der Waals surface area contributed by atoms with Gasteiger partial charge in [0, 0.05) is 0 Å². The monoisotopic (exact) mass is 366 g/mol. The van der Waals surface area contributed by atoms with Crippen molar-refractivity contribution in [3.63, 3.8) is 0 Å². The van der Waals surface area contributed by atoms with Gasteiger partial charge >= 0.3 is 11.9 Å². The molecule has 2 rings (SSSR count). The summed E-state index contributed by atoms with van der Waals surface area (Å²) in [6, 6.07) is 9.11. The molecule has 2 aromatic carbocycles. The van der Waals surface area contributed by atoms with Crippen LogP contribution in [-0.4, -0.2) is 39.1 Å². The molecule has 0 bridgehead atoms. The van der Waals surface area contributed by atoms with Gasteiger partial charge in [-0.3, -0.25) is 4.55 Å². The summed E-state index contributed by atoms with van der Waals surface area (Å²) in [5.41, 5.74) is 0.0368. The Balaban J connectivity index is 2.58. The number of ether oxygens (including phenoxy) is 3. The molecule has 0 aliphatic heterocycles. The van der Waals surface area contributed by atoms with Gasteiger partial charge in [0.15, 0.2) is 0 Å². The third-order valence-corrected chi connectivity index (χ3v) is 4.05. The Bertz CT molecular complexity index is 917. The lowest BCUT2D eigenvalue weighted by molar-refractivity contribution is 0.0584. The second kappa shape index (κ2) is 7.32. The molecule has 0 atom stereocenters. The molecule has 0 aromatic heterocycles. The summed E-state index contributed by atoms with van der Waals surface area (Å²) in [4.78, 5) is 23.0. The van der Waals surface area contributed by atoms with Crippen LogP contribution in [0.15, 0.2) is 47.4 Å². The van der Waals surface area contributed by atoms with Crippen molar-refractivity contribution >= 4 is 22.1 Å². The molecular formula is C16H14O8S. The van der Waals surface area contributed by atoms with Crippen molar-refractivity contribution < 1.29 is 36.8 Å². The first-order chi connectivity index (χ1) is 11.8. The topological polar surface area (TPSA) is 116 Å². The van der Waals surface area contributed by atoms with E-state index < -0.39 is 27.0 Å². The van der Waals surface area contributed by atoms with Gasteiger partial charge in [-0.05, 0) is 30.3 Å². The average Bonchev–Trinajstić information content (AvgIpc) is 2.59. The minimum Gasteiger partial charge on any atom is -0.465 e. The van der Waals surface area contributed by atoms with E-state index in [1.54, 1.807) is 0 Å². The van der Waals surface area contributed by atoms with Crippen LogP contribution in [0.2, 0.25) is 0 Å². The van der Waals surface area contributed by atoms with Crippen LogP contribution in [0.5, 0.6) is 11.5 Å². The highest BCUT2D eigenvalue weighted by molar-refractivity contribution is 7.86. The summed E-state index contributed by atoms with van der Waals surface area (Å²) in [6.07, 6.45) is 0. The number of hydrogen-bond acceptors (Lipinski definition) is 7. The molecule has 8 nitrogen and oxygen atoms in total. The molecule has 0 saturated heterocycles. The number of hydrogen-bond donors (Lipinski definition) is 1. The minimum absolute atomic E-state index is 0.0414. The van der Waals surface area contributed by atoms with Crippen molar-refractivity contribution in [2.24, 2.45) is 0 Å². The number of benzene rings is 2. The Morgan fingerprint density at radius 3 is 2.16 bits per heavy atom. The second-order valence-electron chi connectivity index (χ2n) is 4.72. The van der Waals surface area contributed by atoms with Gasteiger partial charge in [-0.25, -0.2) is 9.59 Å². The molecular weight excluding hydrogens is 352 g/mol. The molecule has 132 valence electrons. The SMILES string of the molecule is COC(=O)c1ccc(C(=O)OC)c(Oc2ccccc2S(=O)(=O)O)c1. The number of carbonyl (C=O) groups excluding carboxylic acids is 2. The number of esters is 2. The molecule has 0 aliphatic carbocycles. The maximum Gasteiger partial charge on any atom is 0.341 e. The summed E-state index contributed by atoms with van der Waals surface area (Å²) < 4.78 is 46.9. The first kappa shape index (κ1) is 18.4. The Hall–Kier alpha value is -2.91. The van der Waals surface area contributed by atoms with Crippen LogP contribution < -0.4 is 4.74 Å². The zero-order valence-corrected chi connectivity index (χ0v) is 14.1. The zero-order valence-electron chi connectivity index (χ0n) is 13.3. The van der Waals surface area contributed by atoms with Crippen LogP contribution in [0.4, 0.5) is 0 Å². The van der Waals surface area contributed by atoms with Crippen molar-refractivity contribution in [3.05, 3.63) is 53.6 Å². The molecule has 0 saturated carbocycles. The number of carbonyl (C=O) groups is 2. The highest BCUT2D eigenvalue weighted by Gasteiger charge is 2.21. The van der Waals surface area contributed by atoms with Gasteiger partial charge < -0.3 is 14.2 Å². The molecule has 9 heteroatoms. The predicted octanol–water partition coefficient (Wildman–Crippen LogP) is 2.30. The van der Waals surface area contributed by atoms with Crippen molar-refractivity contribution in [1.29, 1.82) is 0 Å². The lowest BCUT2D eigenvalue weighted by atomic mass is 10.1. The van der Waals surface area contributed by atoms with Crippen molar-refractivity contribution in [3.8, 4) is 11.5 Å². The normalized spacial score (nSPS) is 10.8. The van der Waals surface area contributed by atoms with E-state index in [0.717, 1.165) is 13.2 Å². The largest absolute Gasteiger partial charge is 0.465 e. The van der Waals surface area contributed by atoms with Crippen LogP contribution in [0.3, 0.4) is 0 Å². The maximum absolute atomic E-state index is 11.9. The fraction of sp³-hybridized carbons (Fsp3) is 0.125. The van der Waals surface area contributed by atoms with Crippen LogP contribution in [0.1, 0.15) is 20.7 Å². The number of rotatable bonds is 5. The summed E-state index contributed by atoms with van der Waals surface area (Å²) in [5.74, 6) is -1.79. The van der Waals surface area contributed by atoms with E-state index in [2.05, 4.69) is 9.47 Å². The molecule has 0 spiro atoms. The Morgan fingerprint density at radius 2 is 1.56 bits per heavy atom. The van der Waals surface area contributed by atoms with Crippen LogP contribution in [-0.2, 0) is 19.6 Å². The first-order valence-electron chi connectivity index (χ1n) is 6.83. The van der Waals surface area contributed by atoms with Gasteiger partial charge in [0.25, 0.3) is 10.1 Å². The summed E-state index contributed by atoms with van der Waals surface area (Å²) in [6.45, 7) is 0. The van der Waals surface area contributed by atoms with Crippen LogP contribution >= 0.6 is 0 Å². The predicted molar refractivity (Wildman–Crippen MR) is 85.5 cm³/mol. The highest BCUT2D eigenvalue weighted by Crippen LogP contribution is 2.32. The summed E-state index contributed by atoms with van der Waals surface area (Å²) in [5, 5.41) is 0. The van der Waals surface area contributed by atoms with E-state index in [4.69, 9.17) is 4.74 Å². The van der Waals surface area contributed by atoms with Crippen LogP contribution in [0, 0.1) is 0 Å². The van der Waals surface area contributed by atoms with Gasteiger partial charge in [0.2, 0.25) is 0 Å². The number of methoxy groups -OCH3 is 2. The van der Waals surface area contributed by atoms with E-state index >= 15 is 0 Å². The Morgan fingerprint density at radius 1 is 0.920 bits per heavy atom. The van der Waals surface area contributed by atoms with E-state index in [9.17, 15) is 22.6 Å². The smallest absolute Gasteiger partial charge is 0.341 e. The first-order valence-corrected chi connectivity index (χ1v) is 8.27. The van der Waals surface area contributed by atoms with Crippen molar-refractivity contribution in [2.45, 2.75) is 4.90 Å².